The molecule has 0 aliphatic heterocycles. The molecule has 1 saturated carbocycles. The number of rotatable bonds is 5. The number of imidazole rings is 1. The maximum atomic E-state index is 4.14. The Labute approximate surface area is 97.6 Å². The molecule has 0 bridgehead atoms. The van der Waals surface area contributed by atoms with Crippen molar-refractivity contribution in [2.45, 2.75) is 32.7 Å². The Kier molecular flexibility index (Phi) is 3.44. The predicted molar refractivity (Wildman–Crippen MR) is 67.0 cm³/mol. The second kappa shape index (κ2) is 4.83. The van der Waals surface area contributed by atoms with Gasteiger partial charge in [0, 0.05) is 19.6 Å². The van der Waals surface area contributed by atoms with Crippen LogP contribution in [0.2, 0.25) is 0 Å². The van der Waals surface area contributed by atoms with Crippen molar-refractivity contribution < 1.29 is 0 Å². The van der Waals surface area contributed by atoms with Crippen molar-refractivity contribution >= 4 is 6.08 Å². The molecule has 0 saturated heterocycles. The summed E-state index contributed by atoms with van der Waals surface area (Å²) in [5.41, 5.74) is 2.64. The van der Waals surface area contributed by atoms with Gasteiger partial charge in [0.2, 0.25) is 0 Å². The first-order chi connectivity index (χ1) is 7.66. The first-order valence-corrected chi connectivity index (χ1v) is 6.07. The molecule has 3 nitrogen and oxygen atoms in total. The highest BCUT2D eigenvalue weighted by Gasteiger charge is 2.20. The Balaban J connectivity index is 2.04. The predicted octanol–water partition coefficient (Wildman–Crippen LogP) is 2.21. The molecule has 0 radical (unpaired) electrons. The van der Waals surface area contributed by atoms with Crippen LogP contribution in [-0.4, -0.2) is 22.1 Å². The molecule has 1 N–H and O–H groups in total. The van der Waals surface area contributed by atoms with Gasteiger partial charge < -0.3 is 9.88 Å². The Hall–Kier alpha value is -1.09. The molecule has 1 heterocycles. The highest BCUT2D eigenvalue weighted by Crippen LogP contribution is 2.20. The van der Waals surface area contributed by atoms with Crippen molar-refractivity contribution in [1.82, 2.24) is 14.9 Å². The Morgan fingerprint density at radius 2 is 2.38 bits per heavy atom. The van der Waals surface area contributed by atoms with Gasteiger partial charge in [0.15, 0.2) is 0 Å². The topological polar surface area (TPSA) is 29.9 Å². The number of hydrogen-bond donors (Lipinski definition) is 1. The number of nitrogens with zero attached hydrogens (tertiary/aromatic N) is 2. The molecule has 1 aliphatic carbocycles. The van der Waals surface area contributed by atoms with Crippen molar-refractivity contribution in [1.29, 1.82) is 0 Å². The minimum Gasteiger partial charge on any atom is -0.334 e. The van der Waals surface area contributed by atoms with E-state index in [0.29, 0.717) is 5.92 Å². The van der Waals surface area contributed by atoms with Crippen LogP contribution in [0.1, 0.15) is 32.4 Å². The monoisotopic (exact) mass is 219 g/mol. The third-order valence-corrected chi connectivity index (χ3v) is 3.10. The quantitative estimate of drug-likeness (QED) is 0.823. The standard InChI is InChI=1S/C13H21N3/c1-10(2)11(7-15-12-4-5-12)6-13-8-14-9-16(13)3/h6,8-10,12,15H,4-5,7H2,1-3H3. The first kappa shape index (κ1) is 11.4. The number of nitrogens with one attached hydrogen (secondary N) is 1. The van der Waals surface area contributed by atoms with Gasteiger partial charge in [-0.1, -0.05) is 19.4 Å². The van der Waals surface area contributed by atoms with Gasteiger partial charge in [0.1, 0.15) is 0 Å². The summed E-state index contributed by atoms with van der Waals surface area (Å²) in [6.07, 6.45) is 8.71. The van der Waals surface area contributed by atoms with Crippen LogP contribution in [0.25, 0.3) is 6.08 Å². The van der Waals surface area contributed by atoms with Gasteiger partial charge in [0.25, 0.3) is 0 Å². The van der Waals surface area contributed by atoms with E-state index in [1.54, 1.807) is 0 Å². The van der Waals surface area contributed by atoms with Gasteiger partial charge in [0.05, 0.1) is 18.2 Å². The summed E-state index contributed by atoms with van der Waals surface area (Å²) >= 11 is 0. The van der Waals surface area contributed by atoms with Gasteiger partial charge in [-0.15, -0.1) is 0 Å². The third kappa shape index (κ3) is 2.95. The molecule has 1 fully saturated rings. The first-order valence-electron chi connectivity index (χ1n) is 6.07. The Morgan fingerprint density at radius 3 is 2.88 bits per heavy atom. The highest BCUT2D eigenvalue weighted by atomic mass is 15.0. The zero-order chi connectivity index (χ0) is 11.5. The molecule has 2 rings (SSSR count). The molecule has 0 atom stereocenters. The Bertz CT molecular complexity index is 372. The van der Waals surface area contributed by atoms with E-state index in [-0.39, 0.29) is 0 Å². The lowest BCUT2D eigenvalue weighted by Gasteiger charge is -2.12. The van der Waals surface area contributed by atoms with Crippen molar-refractivity contribution in [3.05, 3.63) is 23.8 Å². The zero-order valence-electron chi connectivity index (χ0n) is 10.4. The molecular formula is C13H21N3. The summed E-state index contributed by atoms with van der Waals surface area (Å²) in [4.78, 5) is 4.14. The SMILES string of the molecule is CC(C)C(=Cc1cncn1C)CNC1CC1. The van der Waals surface area contributed by atoms with Gasteiger partial charge in [-0.2, -0.15) is 0 Å². The maximum Gasteiger partial charge on any atom is 0.0948 e. The van der Waals surface area contributed by atoms with E-state index < -0.39 is 0 Å². The fraction of sp³-hybridized carbons (Fsp3) is 0.615. The van der Waals surface area contributed by atoms with Crippen LogP contribution in [-0.2, 0) is 7.05 Å². The van der Waals surface area contributed by atoms with Crippen molar-refractivity contribution in [3.8, 4) is 0 Å². The van der Waals surface area contributed by atoms with Crippen molar-refractivity contribution in [3.63, 3.8) is 0 Å². The molecule has 16 heavy (non-hydrogen) atoms. The highest BCUT2D eigenvalue weighted by molar-refractivity contribution is 5.49. The zero-order valence-corrected chi connectivity index (χ0v) is 10.4. The second-order valence-corrected chi connectivity index (χ2v) is 4.96. The van der Waals surface area contributed by atoms with E-state index in [2.05, 4.69) is 34.8 Å². The van der Waals surface area contributed by atoms with E-state index in [9.17, 15) is 0 Å². The van der Waals surface area contributed by atoms with Crippen LogP contribution >= 0.6 is 0 Å². The van der Waals surface area contributed by atoms with E-state index in [1.165, 1.54) is 24.1 Å². The van der Waals surface area contributed by atoms with Crippen molar-refractivity contribution in [2.75, 3.05) is 6.54 Å². The third-order valence-electron chi connectivity index (χ3n) is 3.10. The molecule has 0 unspecified atom stereocenters. The van der Waals surface area contributed by atoms with Gasteiger partial charge in [-0.3, -0.25) is 0 Å². The van der Waals surface area contributed by atoms with Crippen LogP contribution in [0.4, 0.5) is 0 Å². The van der Waals surface area contributed by atoms with E-state index in [0.717, 1.165) is 12.6 Å². The summed E-state index contributed by atoms with van der Waals surface area (Å²) in [5.74, 6) is 0.584. The lowest BCUT2D eigenvalue weighted by molar-refractivity contribution is 0.662. The molecule has 0 amide bonds. The van der Waals surface area contributed by atoms with Crippen LogP contribution in [0.3, 0.4) is 0 Å². The van der Waals surface area contributed by atoms with Crippen molar-refractivity contribution in [2.24, 2.45) is 13.0 Å². The molecule has 1 aromatic heterocycles. The summed E-state index contributed by atoms with van der Waals surface area (Å²) in [6, 6.07) is 0.772. The molecule has 1 aromatic rings. The minimum atomic E-state index is 0.584. The second-order valence-electron chi connectivity index (χ2n) is 4.96. The van der Waals surface area contributed by atoms with E-state index in [1.807, 2.05) is 19.6 Å². The van der Waals surface area contributed by atoms with Crippen LogP contribution < -0.4 is 5.32 Å². The fourth-order valence-corrected chi connectivity index (χ4v) is 1.67. The Morgan fingerprint density at radius 1 is 1.62 bits per heavy atom. The molecule has 0 spiro atoms. The largest absolute Gasteiger partial charge is 0.334 e. The molecule has 3 heteroatoms. The average molecular weight is 219 g/mol. The molecule has 1 aliphatic rings. The minimum absolute atomic E-state index is 0.584. The summed E-state index contributed by atoms with van der Waals surface area (Å²) < 4.78 is 2.06. The van der Waals surface area contributed by atoms with Gasteiger partial charge in [-0.05, 0) is 24.8 Å². The van der Waals surface area contributed by atoms with Gasteiger partial charge in [-0.25, -0.2) is 4.98 Å². The molecular weight excluding hydrogens is 198 g/mol. The smallest absolute Gasteiger partial charge is 0.0948 e. The summed E-state index contributed by atoms with van der Waals surface area (Å²) in [7, 11) is 2.03. The summed E-state index contributed by atoms with van der Waals surface area (Å²) in [5, 5.41) is 3.57. The van der Waals surface area contributed by atoms with E-state index in [4.69, 9.17) is 0 Å². The molecule has 88 valence electrons. The van der Waals surface area contributed by atoms with Crippen LogP contribution in [0.15, 0.2) is 18.1 Å². The maximum absolute atomic E-state index is 4.14. The number of hydrogen-bond acceptors (Lipinski definition) is 2. The lowest BCUT2D eigenvalue weighted by atomic mass is 10.0. The van der Waals surface area contributed by atoms with Crippen LogP contribution in [0, 0.1) is 5.92 Å². The lowest BCUT2D eigenvalue weighted by Crippen LogP contribution is -2.21. The number of aryl methyl sites for hydroxylation is 1. The van der Waals surface area contributed by atoms with E-state index >= 15 is 0 Å². The van der Waals surface area contributed by atoms with Crippen LogP contribution in [0.5, 0.6) is 0 Å². The fourth-order valence-electron chi connectivity index (χ4n) is 1.67. The normalized spacial score (nSPS) is 17.1. The van der Waals surface area contributed by atoms with Gasteiger partial charge >= 0.3 is 0 Å². The number of aromatic nitrogens is 2. The molecule has 0 aromatic carbocycles. The average Bonchev–Trinajstić information content (AvgIpc) is 2.97. The summed E-state index contributed by atoms with van der Waals surface area (Å²) in [6.45, 7) is 5.50.